The lowest BCUT2D eigenvalue weighted by Crippen LogP contribution is -1.92. The monoisotopic (exact) mass is 219 g/mol. The molecule has 1 aromatic carbocycles. The highest BCUT2D eigenvalue weighted by Crippen LogP contribution is 2.28. The van der Waals surface area contributed by atoms with Crippen molar-refractivity contribution in [1.82, 2.24) is 8.75 Å². The molecule has 2 rings (SSSR count). The van der Waals surface area contributed by atoms with E-state index in [4.69, 9.17) is 0 Å². The van der Waals surface area contributed by atoms with E-state index >= 15 is 0 Å². The first-order chi connectivity index (χ1) is 7.22. The fourth-order valence-corrected chi connectivity index (χ4v) is 2.18. The second kappa shape index (κ2) is 3.98. The van der Waals surface area contributed by atoms with Crippen molar-refractivity contribution in [3.8, 4) is 11.3 Å². The third-order valence-electron chi connectivity index (χ3n) is 2.36. The molecule has 0 atom stereocenters. The van der Waals surface area contributed by atoms with Crippen molar-refractivity contribution in [2.45, 2.75) is 13.8 Å². The smallest absolute Gasteiger partial charge is 0.167 e. The fourth-order valence-electron chi connectivity index (χ4n) is 1.61. The quantitative estimate of drug-likeness (QED) is 0.844. The zero-order valence-corrected chi connectivity index (χ0v) is 9.85. The van der Waals surface area contributed by atoms with Crippen LogP contribution in [0.4, 0.5) is 5.82 Å². The SMILES string of the molecule is CNc1nsnc1-c1ccc(C)cc1C. The molecule has 3 nitrogen and oxygen atoms in total. The maximum Gasteiger partial charge on any atom is 0.167 e. The summed E-state index contributed by atoms with van der Waals surface area (Å²) in [5.74, 6) is 0.854. The van der Waals surface area contributed by atoms with Crippen LogP contribution >= 0.6 is 11.7 Å². The molecule has 0 unspecified atom stereocenters. The average molecular weight is 219 g/mol. The lowest BCUT2D eigenvalue weighted by atomic mass is 10.0. The molecule has 1 N–H and O–H groups in total. The van der Waals surface area contributed by atoms with Gasteiger partial charge in [0, 0.05) is 12.6 Å². The van der Waals surface area contributed by atoms with Crippen molar-refractivity contribution in [2.24, 2.45) is 0 Å². The first-order valence-corrected chi connectivity index (χ1v) is 5.53. The van der Waals surface area contributed by atoms with E-state index in [9.17, 15) is 0 Å². The Labute approximate surface area is 93.5 Å². The Morgan fingerprint density at radius 2 is 2.00 bits per heavy atom. The molecule has 15 heavy (non-hydrogen) atoms. The zero-order valence-electron chi connectivity index (χ0n) is 9.03. The minimum atomic E-state index is 0.854. The van der Waals surface area contributed by atoms with Crippen molar-refractivity contribution < 1.29 is 0 Å². The molecular formula is C11H13N3S. The molecule has 0 saturated heterocycles. The number of benzene rings is 1. The topological polar surface area (TPSA) is 37.8 Å². The van der Waals surface area contributed by atoms with Crippen LogP contribution in [-0.2, 0) is 0 Å². The molecule has 78 valence electrons. The normalized spacial score (nSPS) is 10.3. The van der Waals surface area contributed by atoms with Crippen molar-refractivity contribution in [3.63, 3.8) is 0 Å². The summed E-state index contributed by atoms with van der Waals surface area (Å²) < 4.78 is 8.51. The molecule has 0 spiro atoms. The van der Waals surface area contributed by atoms with Gasteiger partial charge in [-0.1, -0.05) is 23.8 Å². The highest BCUT2D eigenvalue weighted by Gasteiger charge is 2.10. The molecule has 0 aliphatic carbocycles. The molecule has 4 heteroatoms. The van der Waals surface area contributed by atoms with E-state index in [1.165, 1.54) is 22.9 Å². The van der Waals surface area contributed by atoms with E-state index in [1.54, 1.807) is 0 Å². The molecule has 0 fully saturated rings. The first kappa shape index (κ1) is 10.1. The number of nitrogens with zero attached hydrogens (tertiary/aromatic N) is 2. The summed E-state index contributed by atoms with van der Waals surface area (Å²) in [6.45, 7) is 4.19. The van der Waals surface area contributed by atoms with E-state index in [-0.39, 0.29) is 0 Å². The van der Waals surface area contributed by atoms with E-state index < -0.39 is 0 Å². The van der Waals surface area contributed by atoms with Crippen molar-refractivity contribution in [1.29, 1.82) is 0 Å². The largest absolute Gasteiger partial charge is 0.370 e. The van der Waals surface area contributed by atoms with E-state index in [2.05, 4.69) is 46.1 Å². The molecular weight excluding hydrogens is 206 g/mol. The van der Waals surface area contributed by atoms with Crippen LogP contribution in [0.2, 0.25) is 0 Å². The fraction of sp³-hybridized carbons (Fsp3) is 0.273. The van der Waals surface area contributed by atoms with Crippen LogP contribution in [0.3, 0.4) is 0 Å². The number of anilines is 1. The Hall–Kier alpha value is -1.42. The molecule has 0 aliphatic rings. The molecule has 1 aromatic heterocycles. The van der Waals surface area contributed by atoms with Gasteiger partial charge >= 0.3 is 0 Å². The first-order valence-electron chi connectivity index (χ1n) is 4.80. The van der Waals surface area contributed by atoms with Gasteiger partial charge in [0.25, 0.3) is 0 Å². The Morgan fingerprint density at radius 3 is 2.67 bits per heavy atom. The number of nitrogens with one attached hydrogen (secondary N) is 1. The van der Waals surface area contributed by atoms with E-state index in [1.807, 2.05) is 7.05 Å². The number of aryl methyl sites for hydroxylation is 2. The Morgan fingerprint density at radius 1 is 1.20 bits per heavy atom. The highest BCUT2D eigenvalue weighted by atomic mass is 32.1. The second-order valence-corrected chi connectivity index (χ2v) is 4.06. The lowest BCUT2D eigenvalue weighted by Gasteiger charge is -2.05. The van der Waals surface area contributed by atoms with Crippen LogP contribution in [0.1, 0.15) is 11.1 Å². The maximum atomic E-state index is 4.32. The van der Waals surface area contributed by atoms with Gasteiger partial charge in [0.2, 0.25) is 0 Å². The molecule has 0 bridgehead atoms. The van der Waals surface area contributed by atoms with Gasteiger partial charge < -0.3 is 5.32 Å². The second-order valence-electron chi connectivity index (χ2n) is 3.53. The minimum Gasteiger partial charge on any atom is -0.370 e. The van der Waals surface area contributed by atoms with Gasteiger partial charge in [-0.3, -0.25) is 0 Å². The third kappa shape index (κ3) is 1.85. The van der Waals surface area contributed by atoms with Crippen molar-refractivity contribution in [2.75, 3.05) is 12.4 Å². The molecule has 1 heterocycles. The summed E-state index contributed by atoms with van der Waals surface area (Å²) in [5.41, 5.74) is 4.60. The summed E-state index contributed by atoms with van der Waals surface area (Å²) in [5, 5.41) is 3.05. The summed E-state index contributed by atoms with van der Waals surface area (Å²) in [7, 11) is 1.86. The van der Waals surface area contributed by atoms with Gasteiger partial charge in [0.1, 0.15) is 5.69 Å². The molecule has 0 radical (unpaired) electrons. The molecule has 0 aliphatic heterocycles. The van der Waals surface area contributed by atoms with Crippen LogP contribution in [0, 0.1) is 13.8 Å². The van der Waals surface area contributed by atoms with Crippen LogP contribution in [0.15, 0.2) is 18.2 Å². The van der Waals surface area contributed by atoms with Gasteiger partial charge in [-0.05, 0) is 19.4 Å². The van der Waals surface area contributed by atoms with E-state index in [0.717, 1.165) is 17.1 Å². The lowest BCUT2D eigenvalue weighted by molar-refractivity contribution is 1.35. The van der Waals surface area contributed by atoms with Crippen LogP contribution in [-0.4, -0.2) is 15.8 Å². The summed E-state index contributed by atoms with van der Waals surface area (Å²) in [4.78, 5) is 0. The highest BCUT2D eigenvalue weighted by molar-refractivity contribution is 6.99. The average Bonchev–Trinajstić information content (AvgIpc) is 2.65. The number of hydrogen-bond donors (Lipinski definition) is 1. The van der Waals surface area contributed by atoms with Gasteiger partial charge in [0.15, 0.2) is 5.82 Å². The maximum absolute atomic E-state index is 4.32. The Balaban J connectivity index is 2.54. The Bertz CT molecular complexity index is 476. The van der Waals surface area contributed by atoms with Gasteiger partial charge in [0.05, 0.1) is 11.7 Å². The van der Waals surface area contributed by atoms with Gasteiger partial charge in [-0.2, -0.15) is 8.75 Å². The minimum absolute atomic E-state index is 0.854. The zero-order chi connectivity index (χ0) is 10.8. The standard InChI is InChI=1S/C11H13N3S/c1-7-4-5-9(8(2)6-7)10-11(12-3)14-15-13-10/h4-6H,1-3H3,(H,12,14). The predicted octanol–water partition coefficient (Wildman–Crippen LogP) is 2.86. The van der Waals surface area contributed by atoms with Crippen LogP contribution in [0.5, 0.6) is 0 Å². The summed E-state index contributed by atoms with van der Waals surface area (Å²) in [6.07, 6.45) is 0. The third-order valence-corrected chi connectivity index (χ3v) is 2.89. The number of aromatic nitrogens is 2. The van der Waals surface area contributed by atoms with Crippen molar-refractivity contribution in [3.05, 3.63) is 29.3 Å². The van der Waals surface area contributed by atoms with Crippen molar-refractivity contribution >= 4 is 17.5 Å². The predicted molar refractivity (Wildman–Crippen MR) is 64.4 cm³/mol. The molecule has 0 amide bonds. The Kier molecular flexibility index (Phi) is 2.68. The van der Waals surface area contributed by atoms with Gasteiger partial charge in [-0.25, -0.2) is 0 Å². The summed E-state index contributed by atoms with van der Waals surface area (Å²) >= 11 is 1.24. The van der Waals surface area contributed by atoms with Crippen LogP contribution in [0.25, 0.3) is 11.3 Å². The number of hydrogen-bond acceptors (Lipinski definition) is 4. The number of rotatable bonds is 2. The molecule has 0 saturated carbocycles. The van der Waals surface area contributed by atoms with E-state index in [0.29, 0.717) is 0 Å². The van der Waals surface area contributed by atoms with Gasteiger partial charge in [-0.15, -0.1) is 0 Å². The molecule has 2 aromatic rings. The van der Waals surface area contributed by atoms with Crippen LogP contribution < -0.4 is 5.32 Å². The summed E-state index contributed by atoms with van der Waals surface area (Å²) in [6, 6.07) is 6.36.